The molecular formula is C24H25N5O2S. The van der Waals surface area contributed by atoms with Gasteiger partial charge in [-0.3, -0.25) is 4.79 Å². The molecule has 164 valence electrons. The minimum absolute atomic E-state index is 0.0346. The molecule has 0 spiro atoms. The molecule has 0 saturated carbocycles. The van der Waals surface area contributed by atoms with E-state index in [1.54, 1.807) is 4.68 Å². The monoisotopic (exact) mass is 447 g/mol. The fourth-order valence-electron chi connectivity index (χ4n) is 4.24. The Morgan fingerprint density at radius 3 is 2.91 bits per heavy atom. The number of aromatic amines is 1. The van der Waals surface area contributed by atoms with Crippen LogP contribution in [0.4, 0.5) is 0 Å². The number of carbonyl (C=O) groups excluding carboxylic acids is 1. The zero-order valence-electron chi connectivity index (χ0n) is 17.9. The van der Waals surface area contributed by atoms with Gasteiger partial charge < -0.3 is 9.72 Å². The number of ketones is 1. The van der Waals surface area contributed by atoms with Crippen molar-refractivity contribution >= 4 is 28.4 Å². The Balaban J connectivity index is 1.49. The number of ether oxygens (including phenoxy) is 1. The minimum Gasteiger partial charge on any atom is -0.376 e. The number of nitrogens with one attached hydrogen (secondary N) is 1. The molecule has 2 atom stereocenters. The lowest BCUT2D eigenvalue weighted by Crippen LogP contribution is -2.18. The Labute approximate surface area is 190 Å². The van der Waals surface area contributed by atoms with Crippen LogP contribution in [0.2, 0.25) is 0 Å². The number of nitrogens with zero attached hydrogens (tertiary/aromatic N) is 4. The third kappa shape index (κ3) is 4.08. The molecule has 1 N–H and O–H groups in total. The number of Topliss-reactive ketones (excluding diaryl/α,β-unsaturated/α-hetero) is 1. The van der Waals surface area contributed by atoms with Crippen molar-refractivity contribution in [1.82, 2.24) is 25.2 Å². The van der Waals surface area contributed by atoms with Gasteiger partial charge in [0.05, 0.1) is 12.6 Å². The number of aromatic nitrogens is 5. The van der Waals surface area contributed by atoms with Gasteiger partial charge in [0.2, 0.25) is 5.16 Å². The van der Waals surface area contributed by atoms with Crippen LogP contribution in [-0.4, -0.2) is 43.7 Å². The number of H-pyrrole nitrogens is 1. The van der Waals surface area contributed by atoms with Crippen molar-refractivity contribution in [2.45, 2.75) is 49.2 Å². The largest absolute Gasteiger partial charge is 0.376 e. The molecule has 0 unspecified atom stereocenters. The summed E-state index contributed by atoms with van der Waals surface area (Å²) >= 11 is 1.39. The van der Waals surface area contributed by atoms with Crippen LogP contribution in [0, 0.1) is 0 Å². The normalized spacial score (nSPS) is 17.1. The van der Waals surface area contributed by atoms with E-state index in [9.17, 15) is 4.79 Å². The number of benzene rings is 2. The second kappa shape index (κ2) is 9.26. The van der Waals surface area contributed by atoms with E-state index in [0.29, 0.717) is 17.3 Å². The maximum atomic E-state index is 13.9. The molecule has 1 aliphatic heterocycles. The van der Waals surface area contributed by atoms with Crippen LogP contribution in [0.3, 0.4) is 0 Å². The molecule has 1 aliphatic rings. The predicted octanol–water partition coefficient (Wildman–Crippen LogP) is 4.61. The van der Waals surface area contributed by atoms with E-state index in [-0.39, 0.29) is 11.9 Å². The summed E-state index contributed by atoms with van der Waals surface area (Å²) in [4.78, 5) is 17.2. The highest BCUT2D eigenvalue weighted by Crippen LogP contribution is 2.38. The number of aryl methyl sites for hydroxylation is 1. The summed E-state index contributed by atoms with van der Waals surface area (Å²) in [6.45, 7) is 3.49. The molecule has 32 heavy (non-hydrogen) atoms. The quantitative estimate of drug-likeness (QED) is 0.314. The van der Waals surface area contributed by atoms with Gasteiger partial charge in [0.1, 0.15) is 5.25 Å². The van der Waals surface area contributed by atoms with Gasteiger partial charge in [0, 0.05) is 29.3 Å². The van der Waals surface area contributed by atoms with Gasteiger partial charge in [0.15, 0.2) is 5.78 Å². The average molecular weight is 448 g/mol. The fraction of sp³-hybridized carbons (Fsp3) is 0.333. The van der Waals surface area contributed by atoms with Crippen LogP contribution in [-0.2, 0) is 17.7 Å². The van der Waals surface area contributed by atoms with E-state index in [2.05, 4.69) is 33.5 Å². The smallest absolute Gasteiger partial charge is 0.210 e. The first-order valence-electron chi connectivity index (χ1n) is 11.0. The predicted molar refractivity (Wildman–Crippen MR) is 124 cm³/mol. The third-order valence-electron chi connectivity index (χ3n) is 5.91. The molecule has 4 aromatic rings. The van der Waals surface area contributed by atoms with Crippen molar-refractivity contribution in [3.63, 3.8) is 0 Å². The molecule has 0 aliphatic carbocycles. The maximum absolute atomic E-state index is 13.9. The van der Waals surface area contributed by atoms with E-state index >= 15 is 0 Å². The number of rotatable bonds is 8. The molecule has 2 aromatic carbocycles. The molecule has 0 amide bonds. The van der Waals surface area contributed by atoms with Crippen molar-refractivity contribution < 1.29 is 9.53 Å². The van der Waals surface area contributed by atoms with Gasteiger partial charge in [-0.1, -0.05) is 67.2 Å². The average Bonchev–Trinajstić information content (AvgIpc) is 3.59. The Morgan fingerprint density at radius 1 is 1.25 bits per heavy atom. The summed E-state index contributed by atoms with van der Waals surface area (Å²) in [6, 6.07) is 15.9. The number of carbonyl (C=O) groups is 1. The maximum Gasteiger partial charge on any atom is 0.210 e. The van der Waals surface area contributed by atoms with Gasteiger partial charge in [-0.2, -0.15) is 0 Å². The van der Waals surface area contributed by atoms with Crippen LogP contribution in [0.25, 0.3) is 10.9 Å². The van der Waals surface area contributed by atoms with E-state index in [0.717, 1.165) is 42.3 Å². The molecule has 8 heteroatoms. The van der Waals surface area contributed by atoms with Crippen LogP contribution < -0.4 is 0 Å². The Kier molecular flexibility index (Phi) is 6.05. The van der Waals surface area contributed by atoms with Gasteiger partial charge in [-0.05, 0) is 40.8 Å². The summed E-state index contributed by atoms with van der Waals surface area (Å²) in [5.74, 6) is 0.0346. The SMILES string of the molecule is CCc1cccc2c(C(=O)[C@@H](Sc3nnnn3C[C@H]3CCCO3)c3ccccc3)c[nH]c12. The number of hydrogen-bond donors (Lipinski definition) is 1. The molecule has 1 saturated heterocycles. The van der Waals surface area contributed by atoms with Crippen LogP contribution in [0.5, 0.6) is 0 Å². The highest BCUT2D eigenvalue weighted by molar-refractivity contribution is 8.00. The Morgan fingerprint density at radius 2 is 2.12 bits per heavy atom. The zero-order valence-corrected chi connectivity index (χ0v) is 18.7. The van der Waals surface area contributed by atoms with E-state index in [1.807, 2.05) is 48.7 Å². The van der Waals surface area contributed by atoms with Gasteiger partial charge >= 0.3 is 0 Å². The zero-order chi connectivity index (χ0) is 21.9. The van der Waals surface area contributed by atoms with Crippen molar-refractivity contribution in [2.24, 2.45) is 0 Å². The number of fused-ring (bicyclic) bond motifs is 1. The summed E-state index contributed by atoms with van der Waals surface area (Å²) in [6.07, 6.45) is 4.91. The Hall–Kier alpha value is -2.97. The molecule has 1 fully saturated rings. The summed E-state index contributed by atoms with van der Waals surface area (Å²) in [5, 5.41) is 13.4. The molecule has 0 bridgehead atoms. The van der Waals surface area contributed by atoms with Crippen molar-refractivity contribution in [1.29, 1.82) is 0 Å². The van der Waals surface area contributed by atoms with Gasteiger partial charge in [-0.15, -0.1) is 5.10 Å². The van der Waals surface area contributed by atoms with E-state index in [1.165, 1.54) is 17.3 Å². The molecule has 5 rings (SSSR count). The number of thioether (sulfide) groups is 1. The second-order valence-corrected chi connectivity index (χ2v) is 9.02. The summed E-state index contributed by atoms with van der Waals surface area (Å²) in [5.41, 5.74) is 3.84. The van der Waals surface area contributed by atoms with Gasteiger partial charge in [-0.25, -0.2) is 4.68 Å². The lowest BCUT2D eigenvalue weighted by molar-refractivity contribution is 0.0911. The summed E-state index contributed by atoms with van der Waals surface area (Å²) < 4.78 is 7.51. The number of para-hydroxylation sites is 1. The van der Waals surface area contributed by atoms with E-state index < -0.39 is 5.25 Å². The van der Waals surface area contributed by atoms with Crippen molar-refractivity contribution in [2.75, 3.05) is 6.61 Å². The Bertz CT molecular complexity index is 1210. The lowest BCUT2D eigenvalue weighted by Gasteiger charge is -2.16. The number of hydrogen-bond acceptors (Lipinski definition) is 6. The van der Waals surface area contributed by atoms with Crippen LogP contribution in [0.1, 0.15) is 46.5 Å². The van der Waals surface area contributed by atoms with Crippen molar-refractivity contribution in [3.8, 4) is 0 Å². The molecule has 0 radical (unpaired) electrons. The van der Waals surface area contributed by atoms with Gasteiger partial charge in [0.25, 0.3) is 0 Å². The first-order chi connectivity index (χ1) is 15.7. The first-order valence-corrected chi connectivity index (χ1v) is 11.8. The van der Waals surface area contributed by atoms with Crippen LogP contribution in [0.15, 0.2) is 59.9 Å². The molecular weight excluding hydrogens is 422 g/mol. The first kappa shape index (κ1) is 20.9. The second-order valence-electron chi connectivity index (χ2n) is 7.95. The summed E-state index contributed by atoms with van der Waals surface area (Å²) in [7, 11) is 0. The lowest BCUT2D eigenvalue weighted by atomic mass is 10.0. The highest BCUT2D eigenvalue weighted by atomic mass is 32.2. The molecule has 2 aromatic heterocycles. The van der Waals surface area contributed by atoms with Crippen molar-refractivity contribution in [3.05, 3.63) is 71.4 Å². The van der Waals surface area contributed by atoms with Crippen LogP contribution >= 0.6 is 11.8 Å². The molecule has 7 nitrogen and oxygen atoms in total. The van der Waals surface area contributed by atoms with E-state index in [4.69, 9.17) is 4.74 Å². The standard InChI is InChI=1S/C24H25N5O2S/c1-2-16-10-6-12-19-20(14-25-21(16)19)22(30)23(17-8-4-3-5-9-17)32-24-26-27-28-29(24)15-18-11-7-13-31-18/h3-6,8-10,12,14,18,23,25H,2,7,11,13,15H2,1H3/t18-,23+/m1/s1. The molecule has 3 heterocycles. The number of tetrazole rings is 1. The third-order valence-corrected chi connectivity index (χ3v) is 7.14. The minimum atomic E-state index is -0.463. The highest BCUT2D eigenvalue weighted by Gasteiger charge is 2.29. The fourth-order valence-corrected chi connectivity index (χ4v) is 5.29. The topological polar surface area (TPSA) is 85.7 Å².